The highest BCUT2D eigenvalue weighted by atomic mass is 32.2. The summed E-state index contributed by atoms with van der Waals surface area (Å²) in [6.45, 7) is 1.81. The zero-order valence-corrected chi connectivity index (χ0v) is 13.9. The fourth-order valence-electron chi connectivity index (χ4n) is 1.97. The maximum Gasteiger partial charge on any atom is 0.319 e. The lowest BCUT2D eigenvalue weighted by Gasteiger charge is -2.13. The molecule has 7 nitrogen and oxygen atoms in total. The Morgan fingerprint density at radius 1 is 1.45 bits per heavy atom. The number of carbonyl (C=O) groups is 1. The summed E-state index contributed by atoms with van der Waals surface area (Å²) in [7, 11) is 2.74. The van der Waals surface area contributed by atoms with Crippen LogP contribution in [0, 0.1) is 0 Å². The first-order valence-electron chi connectivity index (χ1n) is 6.80. The third kappa shape index (κ3) is 4.20. The SMILES string of the molecule is CC(CS(C)=O)NC(=O)Nc1ccc2nc(N(C)C)oc2c1. The summed E-state index contributed by atoms with van der Waals surface area (Å²) in [5.41, 5.74) is 1.94. The van der Waals surface area contributed by atoms with Crippen LogP contribution in [-0.2, 0) is 10.8 Å². The van der Waals surface area contributed by atoms with Gasteiger partial charge in [0.25, 0.3) is 6.01 Å². The Balaban J connectivity index is 2.04. The molecule has 0 saturated heterocycles. The van der Waals surface area contributed by atoms with Crippen molar-refractivity contribution in [2.45, 2.75) is 13.0 Å². The molecular weight excluding hydrogens is 304 g/mol. The average Bonchev–Trinajstić information content (AvgIpc) is 2.80. The standard InChI is InChI=1S/C14H20N4O3S/c1-9(8-22(4)20)15-13(19)16-10-5-6-11-12(7-10)21-14(17-11)18(2)3/h5-7,9H,8H2,1-4H3,(H2,15,16,19). The number of hydrogen-bond donors (Lipinski definition) is 2. The normalized spacial score (nSPS) is 13.6. The number of hydrogen-bond acceptors (Lipinski definition) is 5. The first kappa shape index (κ1) is 16.3. The minimum absolute atomic E-state index is 0.166. The van der Waals surface area contributed by atoms with Gasteiger partial charge in [0.2, 0.25) is 0 Å². The van der Waals surface area contributed by atoms with E-state index in [0.29, 0.717) is 23.0 Å². The van der Waals surface area contributed by atoms with Crippen molar-refractivity contribution < 1.29 is 13.4 Å². The van der Waals surface area contributed by atoms with E-state index in [1.165, 1.54) is 0 Å². The van der Waals surface area contributed by atoms with Crippen molar-refractivity contribution in [3.8, 4) is 0 Å². The molecule has 0 saturated carbocycles. The van der Waals surface area contributed by atoms with Crippen LogP contribution in [0.25, 0.3) is 11.1 Å². The zero-order valence-electron chi connectivity index (χ0n) is 13.0. The lowest BCUT2D eigenvalue weighted by molar-refractivity contribution is 0.250. The molecule has 22 heavy (non-hydrogen) atoms. The lowest BCUT2D eigenvalue weighted by Crippen LogP contribution is -2.39. The fourth-order valence-corrected chi connectivity index (χ4v) is 2.75. The molecule has 2 rings (SSSR count). The first-order chi connectivity index (χ1) is 10.3. The number of urea groups is 1. The fraction of sp³-hybridized carbons (Fsp3) is 0.429. The smallest absolute Gasteiger partial charge is 0.319 e. The van der Waals surface area contributed by atoms with E-state index in [9.17, 15) is 9.00 Å². The monoisotopic (exact) mass is 324 g/mol. The van der Waals surface area contributed by atoms with Gasteiger partial charge in [-0.25, -0.2) is 4.79 Å². The molecule has 0 bridgehead atoms. The van der Waals surface area contributed by atoms with Gasteiger partial charge in [-0.05, 0) is 19.1 Å². The Bertz CT molecular complexity index is 698. The second-order valence-electron chi connectivity index (χ2n) is 5.31. The van der Waals surface area contributed by atoms with Crippen LogP contribution in [0.1, 0.15) is 6.92 Å². The third-order valence-corrected chi connectivity index (χ3v) is 3.85. The van der Waals surface area contributed by atoms with Crippen LogP contribution in [0.3, 0.4) is 0 Å². The van der Waals surface area contributed by atoms with E-state index >= 15 is 0 Å². The van der Waals surface area contributed by atoms with Crippen LogP contribution >= 0.6 is 0 Å². The number of oxazole rings is 1. The lowest BCUT2D eigenvalue weighted by atomic mass is 10.3. The highest BCUT2D eigenvalue weighted by Crippen LogP contribution is 2.23. The Morgan fingerprint density at radius 3 is 2.82 bits per heavy atom. The first-order valence-corrected chi connectivity index (χ1v) is 8.53. The van der Waals surface area contributed by atoms with Gasteiger partial charge in [-0.3, -0.25) is 4.21 Å². The maximum absolute atomic E-state index is 11.9. The predicted molar refractivity (Wildman–Crippen MR) is 88.9 cm³/mol. The van der Waals surface area contributed by atoms with E-state index in [4.69, 9.17) is 4.42 Å². The molecule has 1 heterocycles. The molecule has 0 aliphatic carbocycles. The zero-order chi connectivity index (χ0) is 16.3. The molecule has 2 N–H and O–H groups in total. The summed E-state index contributed by atoms with van der Waals surface area (Å²) >= 11 is 0. The molecule has 8 heteroatoms. The van der Waals surface area contributed by atoms with Crippen LogP contribution in [0.4, 0.5) is 16.5 Å². The second kappa shape index (κ2) is 6.78. The highest BCUT2D eigenvalue weighted by molar-refractivity contribution is 7.84. The van der Waals surface area contributed by atoms with Crippen molar-refractivity contribution in [2.75, 3.05) is 36.3 Å². The van der Waals surface area contributed by atoms with Crippen LogP contribution in [0.2, 0.25) is 0 Å². The molecule has 1 aromatic heterocycles. The number of nitrogens with zero attached hydrogens (tertiary/aromatic N) is 2. The number of benzene rings is 1. The number of anilines is 2. The number of rotatable bonds is 5. The molecular formula is C14H20N4O3S. The molecule has 0 fully saturated rings. The van der Waals surface area contributed by atoms with Crippen LogP contribution in [0.5, 0.6) is 0 Å². The van der Waals surface area contributed by atoms with E-state index in [2.05, 4.69) is 15.6 Å². The van der Waals surface area contributed by atoms with Crippen molar-refractivity contribution in [3.63, 3.8) is 0 Å². The Labute approximate surface area is 131 Å². The molecule has 120 valence electrons. The topological polar surface area (TPSA) is 87.5 Å². The van der Waals surface area contributed by atoms with Crippen LogP contribution < -0.4 is 15.5 Å². The molecule has 1 aromatic carbocycles. The van der Waals surface area contributed by atoms with E-state index in [-0.39, 0.29) is 12.1 Å². The molecule has 2 unspecified atom stereocenters. The largest absolute Gasteiger partial charge is 0.423 e. The molecule has 2 atom stereocenters. The molecule has 2 aromatic rings. The second-order valence-corrected chi connectivity index (χ2v) is 6.79. The average molecular weight is 324 g/mol. The van der Waals surface area contributed by atoms with E-state index < -0.39 is 10.8 Å². The van der Waals surface area contributed by atoms with Crippen molar-refractivity contribution in [2.24, 2.45) is 0 Å². The summed E-state index contributed by atoms with van der Waals surface area (Å²) in [5.74, 6) is 0.417. The Kier molecular flexibility index (Phi) is 5.02. The minimum atomic E-state index is -0.949. The van der Waals surface area contributed by atoms with E-state index in [1.54, 1.807) is 29.4 Å². The van der Waals surface area contributed by atoms with Gasteiger partial charge in [0.05, 0.1) is 0 Å². The van der Waals surface area contributed by atoms with Gasteiger partial charge in [-0.2, -0.15) is 4.98 Å². The van der Waals surface area contributed by atoms with E-state index in [1.807, 2.05) is 21.0 Å². The van der Waals surface area contributed by atoms with Crippen LogP contribution in [-0.4, -0.2) is 47.4 Å². The van der Waals surface area contributed by atoms with Crippen LogP contribution in [0.15, 0.2) is 22.6 Å². The molecule has 2 amide bonds. The number of nitrogens with one attached hydrogen (secondary N) is 2. The van der Waals surface area contributed by atoms with Gasteiger partial charge in [0, 0.05) is 54.7 Å². The number of amides is 2. The molecule has 0 radical (unpaired) electrons. The van der Waals surface area contributed by atoms with Crippen molar-refractivity contribution in [3.05, 3.63) is 18.2 Å². The Hall–Kier alpha value is -2.09. The quantitative estimate of drug-likeness (QED) is 0.875. The molecule has 0 spiro atoms. The van der Waals surface area contributed by atoms with Gasteiger partial charge in [0.1, 0.15) is 5.52 Å². The van der Waals surface area contributed by atoms with Gasteiger partial charge >= 0.3 is 6.03 Å². The predicted octanol–water partition coefficient (Wildman–Crippen LogP) is 1.78. The molecule has 0 aliphatic rings. The third-order valence-electron chi connectivity index (χ3n) is 2.88. The number of aromatic nitrogens is 1. The molecule has 0 aliphatic heterocycles. The summed E-state index contributed by atoms with van der Waals surface area (Å²) in [6.07, 6.45) is 1.61. The van der Waals surface area contributed by atoms with Crippen molar-refractivity contribution >= 4 is 39.6 Å². The van der Waals surface area contributed by atoms with E-state index in [0.717, 1.165) is 5.52 Å². The maximum atomic E-state index is 11.9. The number of carbonyl (C=O) groups excluding carboxylic acids is 1. The van der Waals surface area contributed by atoms with Gasteiger partial charge < -0.3 is 20.0 Å². The van der Waals surface area contributed by atoms with Gasteiger partial charge in [0.15, 0.2) is 5.58 Å². The van der Waals surface area contributed by atoms with Crippen molar-refractivity contribution in [1.82, 2.24) is 10.3 Å². The highest BCUT2D eigenvalue weighted by Gasteiger charge is 2.11. The van der Waals surface area contributed by atoms with Crippen molar-refractivity contribution in [1.29, 1.82) is 0 Å². The summed E-state index contributed by atoms with van der Waals surface area (Å²) < 4.78 is 16.7. The number of fused-ring (bicyclic) bond motifs is 1. The summed E-state index contributed by atoms with van der Waals surface area (Å²) in [5, 5.41) is 5.46. The summed E-state index contributed by atoms with van der Waals surface area (Å²) in [4.78, 5) is 18.0. The Morgan fingerprint density at radius 2 is 2.18 bits per heavy atom. The van der Waals surface area contributed by atoms with Gasteiger partial charge in [-0.15, -0.1) is 0 Å². The minimum Gasteiger partial charge on any atom is -0.423 e. The van der Waals surface area contributed by atoms with Gasteiger partial charge in [-0.1, -0.05) is 0 Å². The summed E-state index contributed by atoms with van der Waals surface area (Å²) in [6, 6.07) is 5.26.